The Labute approximate surface area is 134 Å². The second-order valence-electron chi connectivity index (χ2n) is 6.40. The topological polar surface area (TPSA) is 21.3 Å². The summed E-state index contributed by atoms with van der Waals surface area (Å²) in [7, 11) is 0. The first kappa shape index (κ1) is 16.6. The molecule has 1 N–H and O–H groups in total. The van der Waals surface area contributed by atoms with Gasteiger partial charge in [-0.25, -0.2) is 0 Å². The average molecular weight is 310 g/mol. The maximum atomic E-state index is 6.38. The van der Waals surface area contributed by atoms with Crippen LogP contribution in [0.5, 0.6) is 5.75 Å². The summed E-state index contributed by atoms with van der Waals surface area (Å²) in [6.07, 6.45) is 6.68. The fourth-order valence-corrected chi connectivity index (χ4v) is 3.27. The minimum absolute atomic E-state index is 0.364. The van der Waals surface area contributed by atoms with Gasteiger partial charge in [-0.15, -0.1) is 0 Å². The van der Waals surface area contributed by atoms with Gasteiger partial charge in [-0.2, -0.15) is 0 Å². The largest absolute Gasteiger partial charge is 0.490 e. The molecule has 1 aliphatic carbocycles. The van der Waals surface area contributed by atoms with E-state index in [0.29, 0.717) is 18.1 Å². The Hall–Kier alpha value is -0.730. The first-order valence-electron chi connectivity index (χ1n) is 8.28. The molecule has 1 saturated carbocycles. The Kier molecular flexibility index (Phi) is 6.38. The minimum Gasteiger partial charge on any atom is -0.490 e. The molecule has 2 rings (SSSR count). The third-order valence-corrected chi connectivity index (χ3v) is 4.60. The Morgan fingerprint density at radius 2 is 2.05 bits per heavy atom. The predicted molar refractivity (Wildman–Crippen MR) is 90.1 cm³/mol. The smallest absolute Gasteiger partial charge is 0.124 e. The molecule has 2 unspecified atom stereocenters. The minimum atomic E-state index is 0.364. The number of hydrogen-bond donors (Lipinski definition) is 1. The lowest BCUT2D eigenvalue weighted by atomic mass is 9.84. The third-order valence-electron chi connectivity index (χ3n) is 4.37. The molecule has 118 valence electrons. The van der Waals surface area contributed by atoms with Crippen LogP contribution < -0.4 is 10.1 Å². The van der Waals surface area contributed by atoms with Crippen LogP contribution in [0.15, 0.2) is 18.2 Å². The van der Waals surface area contributed by atoms with E-state index in [1.165, 1.54) is 32.1 Å². The highest BCUT2D eigenvalue weighted by atomic mass is 35.5. The van der Waals surface area contributed by atoms with E-state index in [9.17, 15) is 0 Å². The first-order valence-corrected chi connectivity index (χ1v) is 8.66. The second-order valence-corrected chi connectivity index (χ2v) is 6.83. The Bertz CT molecular complexity index is 447. The fraction of sp³-hybridized carbons (Fsp3) is 0.667. The van der Waals surface area contributed by atoms with Crippen molar-refractivity contribution in [1.82, 2.24) is 5.32 Å². The zero-order valence-corrected chi connectivity index (χ0v) is 14.2. The molecule has 0 heterocycles. The van der Waals surface area contributed by atoms with Crippen molar-refractivity contribution >= 4 is 11.6 Å². The standard InChI is InChI=1S/C18H28ClNO/c1-4-14-7-5-6-8-17(14)21-18-10-9-16(19)11-15(18)12-20-13(2)3/h9-11,13-14,17,20H,4-8,12H2,1-3H3. The normalized spacial score (nSPS) is 22.5. The predicted octanol–water partition coefficient (Wildman–Crippen LogP) is 5.19. The highest BCUT2D eigenvalue weighted by Gasteiger charge is 2.25. The number of rotatable bonds is 6. The lowest BCUT2D eigenvalue weighted by Gasteiger charge is -2.32. The van der Waals surface area contributed by atoms with E-state index in [1.54, 1.807) is 0 Å². The van der Waals surface area contributed by atoms with Gasteiger partial charge >= 0.3 is 0 Å². The van der Waals surface area contributed by atoms with Crippen LogP contribution in [-0.2, 0) is 6.54 Å². The van der Waals surface area contributed by atoms with Crippen molar-refractivity contribution in [3.63, 3.8) is 0 Å². The second kappa shape index (κ2) is 8.05. The van der Waals surface area contributed by atoms with E-state index in [1.807, 2.05) is 18.2 Å². The van der Waals surface area contributed by atoms with Gasteiger partial charge in [0.1, 0.15) is 11.9 Å². The number of ether oxygens (including phenoxy) is 1. The Morgan fingerprint density at radius 1 is 1.29 bits per heavy atom. The summed E-state index contributed by atoms with van der Waals surface area (Å²) in [5.74, 6) is 1.69. The summed E-state index contributed by atoms with van der Waals surface area (Å²) in [5, 5.41) is 4.23. The molecule has 0 saturated heterocycles. The van der Waals surface area contributed by atoms with Crippen LogP contribution in [0.3, 0.4) is 0 Å². The molecule has 0 radical (unpaired) electrons. The van der Waals surface area contributed by atoms with Crippen LogP contribution in [0.25, 0.3) is 0 Å². The van der Waals surface area contributed by atoms with Gasteiger partial charge in [-0.1, -0.05) is 38.8 Å². The lowest BCUT2D eigenvalue weighted by molar-refractivity contribution is 0.0892. The molecule has 0 bridgehead atoms. The molecule has 1 aliphatic rings. The maximum Gasteiger partial charge on any atom is 0.124 e. The molecule has 0 aromatic heterocycles. The first-order chi connectivity index (χ1) is 10.1. The average Bonchev–Trinajstić information content (AvgIpc) is 2.48. The molecule has 2 atom stereocenters. The summed E-state index contributed by atoms with van der Waals surface area (Å²) < 4.78 is 6.38. The molecule has 3 heteroatoms. The summed E-state index contributed by atoms with van der Waals surface area (Å²) >= 11 is 6.15. The summed E-state index contributed by atoms with van der Waals surface area (Å²) in [6.45, 7) is 7.38. The van der Waals surface area contributed by atoms with Crippen LogP contribution >= 0.6 is 11.6 Å². The molecule has 1 aromatic rings. The molecule has 0 amide bonds. The van der Waals surface area contributed by atoms with E-state index in [4.69, 9.17) is 16.3 Å². The quantitative estimate of drug-likeness (QED) is 0.781. The van der Waals surface area contributed by atoms with Crippen molar-refractivity contribution < 1.29 is 4.74 Å². The number of nitrogens with one attached hydrogen (secondary N) is 1. The van der Waals surface area contributed by atoms with E-state index in [2.05, 4.69) is 26.1 Å². The molecular formula is C18H28ClNO. The van der Waals surface area contributed by atoms with Gasteiger partial charge in [0.2, 0.25) is 0 Å². The van der Waals surface area contributed by atoms with Crippen LogP contribution in [0.4, 0.5) is 0 Å². The van der Waals surface area contributed by atoms with Gasteiger partial charge in [-0.05, 0) is 49.8 Å². The molecular weight excluding hydrogens is 282 g/mol. The summed E-state index contributed by atoms with van der Waals surface area (Å²) in [6, 6.07) is 6.44. The van der Waals surface area contributed by atoms with Crippen molar-refractivity contribution in [2.24, 2.45) is 5.92 Å². The lowest BCUT2D eigenvalue weighted by Crippen LogP contribution is -2.30. The highest BCUT2D eigenvalue weighted by Crippen LogP contribution is 2.32. The molecule has 2 nitrogen and oxygen atoms in total. The number of hydrogen-bond acceptors (Lipinski definition) is 2. The van der Waals surface area contributed by atoms with Crippen molar-refractivity contribution in [1.29, 1.82) is 0 Å². The third kappa shape index (κ3) is 4.89. The number of benzene rings is 1. The van der Waals surface area contributed by atoms with Crippen molar-refractivity contribution in [3.05, 3.63) is 28.8 Å². The zero-order valence-electron chi connectivity index (χ0n) is 13.5. The fourth-order valence-electron chi connectivity index (χ4n) is 3.07. The van der Waals surface area contributed by atoms with E-state index in [0.717, 1.165) is 22.9 Å². The van der Waals surface area contributed by atoms with Crippen LogP contribution in [0, 0.1) is 5.92 Å². The van der Waals surface area contributed by atoms with E-state index in [-0.39, 0.29) is 0 Å². The zero-order chi connectivity index (χ0) is 15.2. The van der Waals surface area contributed by atoms with Gasteiger partial charge in [0.25, 0.3) is 0 Å². The van der Waals surface area contributed by atoms with Gasteiger partial charge in [-0.3, -0.25) is 0 Å². The van der Waals surface area contributed by atoms with Crippen molar-refractivity contribution in [2.45, 2.75) is 71.6 Å². The molecule has 0 aliphatic heterocycles. The molecule has 1 fully saturated rings. The molecule has 0 spiro atoms. The van der Waals surface area contributed by atoms with Gasteiger partial charge in [0.15, 0.2) is 0 Å². The van der Waals surface area contributed by atoms with Gasteiger partial charge < -0.3 is 10.1 Å². The van der Waals surface area contributed by atoms with E-state index < -0.39 is 0 Å². The van der Waals surface area contributed by atoms with Crippen LogP contribution in [0.2, 0.25) is 5.02 Å². The van der Waals surface area contributed by atoms with Gasteiger partial charge in [0.05, 0.1) is 0 Å². The Balaban J connectivity index is 2.10. The SMILES string of the molecule is CCC1CCCCC1Oc1ccc(Cl)cc1CNC(C)C. The van der Waals surface area contributed by atoms with Crippen LogP contribution in [0.1, 0.15) is 58.4 Å². The van der Waals surface area contributed by atoms with Crippen molar-refractivity contribution in [2.75, 3.05) is 0 Å². The van der Waals surface area contributed by atoms with Crippen LogP contribution in [-0.4, -0.2) is 12.1 Å². The highest BCUT2D eigenvalue weighted by molar-refractivity contribution is 6.30. The summed E-state index contributed by atoms with van der Waals surface area (Å²) in [4.78, 5) is 0. The monoisotopic (exact) mass is 309 g/mol. The van der Waals surface area contributed by atoms with Crippen molar-refractivity contribution in [3.8, 4) is 5.75 Å². The summed E-state index contributed by atoms with van der Waals surface area (Å²) in [5.41, 5.74) is 1.16. The maximum absolute atomic E-state index is 6.38. The van der Waals surface area contributed by atoms with E-state index >= 15 is 0 Å². The number of halogens is 1. The van der Waals surface area contributed by atoms with Gasteiger partial charge in [0, 0.05) is 23.2 Å². The molecule has 21 heavy (non-hydrogen) atoms. The molecule has 1 aromatic carbocycles. The Morgan fingerprint density at radius 3 is 2.76 bits per heavy atom.